The molecule has 11 nitrogen and oxygen atoms in total. The molecular formula is C26H24F3N5O6S. The number of sulfonamides is 1. The number of benzene rings is 3. The molecule has 1 amide bonds. The summed E-state index contributed by atoms with van der Waals surface area (Å²) >= 11 is 0. The molecule has 1 aliphatic heterocycles. The number of nitro groups is 1. The Balaban J connectivity index is 1.61. The normalized spacial score (nSPS) is 14.2. The molecule has 41 heavy (non-hydrogen) atoms. The van der Waals surface area contributed by atoms with Crippen LogP contribution in [-0.2, 0) is 25.7 Å². The van der Waals surface area contributed by atoms with Crippen molar-refractivity contribution in [3.8, 4) is 0 Å². The fourth-order valence-electron chi connectivity index (χ4n) is 4.06. The number of nitrogens with one attached hydrogen (secondary N) is 1. The maximum Gasteiger partial charge on any atom is 0.416 e. The van der Waals surface area contributed by atoms with Crippen molar-refractivity contribution in [3.05, 3.63) is 94.0 Å². The molecule has 0 aliphatic carbocycles. The van der Waals surface area contributed by atoms with E-state index in [1.807, 2.05) is 4.90 Å². The summed E-state index contributed by atoms with van der Waals surface area (Å²) in [5.41, 5.74) is 1.40. The van der Waals surface area contributed by atoms with Crippen LogP contribution in [0, 0.1) is 10.1 Å². The smallest absolute Gasteiger partial charge is 0.378 e. The van der Waals surface area contributed by atoms with Crippen LogP contribution in [0.3, 0.4) is 0 Å². The zero-order valence-electron chi connectivity index (χ0n) is 21.3. The molecule has 1 N–H and O–H groups in total. The number of hydrazone groups is 1. The van der Waals surface area contributed by atoms with E-state index in [0.717, 1.165) is 18.2 Å². The fourth-order valence-corrected chi connectivity index (χ4v) is 5.50. The maximum absolute atomic E-state index is 13.4. The van der Waals surface area contributed by atoms with E-state index < -0.39 is 39.1 Å². The molecule has 1 heterocycles. The molecule has 1 saturated heterocycles. The molecule has 0 aromatic heterocycles. The van der Waals surface area contributed by atoms with Crippen molar-refractivity contribution < 1.29 is 36.0 Å². The minimum Gasteiger partial charge on any atom is -0.378 e. The highest BCUT2D eigenvalue weighted by Crippen LogP contribution is 2.33. The van der Waals surface area contributed by atoms with E-state index in [4.69, 9.17) is 4.74 Å². The number of rotatable bonds is 9. The van der Waals surface area contributed by atoms with Crippen LogP contribution in [-0.4, -0.2) is 58.3 Å². The highest BCUT2D eigenvalue weighted by Gasteiger charge is 2.33. The number of nitrogens with zero attached hydrogens (tertiary/aromatic N) is 4. The summed E-state index contributed by atoms with van der Waals surface area (Å²) in [5.74, 6) is -0.962. The molecule has 0 spiro atoms. The second kappa shape index (κ2) is 12.3. The lowest BCUT2D eigenvalue weighted by Gasteiger charge is -2.29. The van der Waals surface area contributed by atoms with Crippen molar-refractivity contribution in [2.24, 2.45) is 5.10 Å². The van der Waals surface area contributed by atoms with Crippen LogP contribution in [0.4, 0.5) is 30.2 Å². The first-order chi connectivity index (χ1) is 19.5. The van der Waals surface area contributed by atoms with Crippen LogP contribution in [0.2, 0.25) is 0 Å². The molecule has 1 aliphatic rings. The van der Waals surface area contributed by atoms with E-state index in [9.17, 15) is 36.5 Å². The van der Waals surface area contributed by atoms with Gasteiger partial charge >= 0.3 is 6.18 Å². The lowest BCUT2D eigenvalue weighted by molar-refractivity contribution is -0.384. The van der Waals surface area contributed by atoms with Gasteiger partial charge in [0.2, 0.25) is 0 Å². The summed E-state index contributed by atoms with van der Waals surface area (Å²) in [6.07, 6.45) is -3.57. The zero-order valence-corrected chi connectivity index (χ0v) is 22.1. The summed E-state index contributed by atoms with van der Waals surface area (Å²) in [6, 6.07) is 14.7. The monoisotopic (exact) mass is 591 g/mol. The molecule has 1 fully saturated rings. The summed E-state index contributed by atoms with van der Waals surface area (Å²) in [5, 5.41) is 15.1. The molecule has 15 heteroatoms. The van der Waals surface area contributed by atoms with E-state index in [1.54, 1.807) is 12.1 Å². The van der Waals surface area contributed by atoms with Gasteiger partial charge in [-0.15, -0.1) is 0 Å². The summed E-state index contributed by atoms with van der Waals surface area (Å²) < 4.78 is 72.8. The third-order valence-corrected chi connectivity index (χ3v) is 7.83. The van der Waals surface area contributed by atoms with Crippen molar-refractivity contribution in [1.29, 1.82) is 0 Å². The Labute approximate surface area is 233 Å². The summed E-state index contributed by atoms with van der Waals surface area (Å²) in [7, 11) is -4.47. The van der Waals surface area contributed by atoms with Gasteiger partial charge in [-0.25, -0.2) is 13.8 Å². The highest BCUT2D eigenvalue weighted by atomic mass is 32.2. The first-order valence-electron chi connectivity index (χ1n) is 12.1. The number of halogens is 3. The molecule has 0 unspecified atom stereocenters. The first kappa shape index (κ1) is 29.5. The van der Waals surface area contributed by atoms with E-state index in [1.165, 1.54) is 42.6 Å². The van der Waals surface area contributed by atoms with Crippen LogP contribution in [0.25, 0.3) is 0 Å². The average molecular weight is 592 g/mol. The van der Waals surface area contributed by atoms with Crippen LogP contribution >= 0.6 is 0 Å². The Morgan fingerprint density at radius 3 is 2.44 bits per heavy atom. The third-order valence-electron chi connectivity index (χ3n) is 6.05. The number of hydrogen-bond acceptors (Lipinski definition) is 8. The van der Waals surface area contributed by atoms with E-state index >= 15 is 0 Å². The zero-order chi connectivity index (χ0) is 29.6. The lowest BCUT2D eigenvalue weighted by atomic mass is 10.1. The van der Waals surface area contributed by atoms with Gasteiger partial charge < -0.3 is 9.64 Å². The fraction of sp³-hybridized carbons (Fsp3) is 0.231. The van der Waals surface area contributed by atoms with Gasteiger partial charge in [-0.3, -0.25) is 19.2 Å². The quantitative estimate of drug-likeness (QED) is 0.227. The number of anilines is 2. The average Bonchev–Trinajstić information content (AvgIpc) is 2.96. The number of ether oxygens (including phenoxy) is 1. The summed E-state index contributed by atoms with van der Waals surface area (Å²) in [4.78, 5) is 25.3. The van der Waals surface area contributed by atoms with Gasteiger partial charge in [-0.1, -0.05) is 24.3 Å². The van der Waals surface area contributed by atoms with Crippen LogP contribution < -0.4 is 14.6 Å². The van der Waals surface area contributed by atoms with E-state index in [0.29, 0.717) is 47.9 Å². The van der Waals surface area contributed by atoms with Crippen molar-refractivity contribution in [3.63, 3.8) is 0 Å². The standard InChI is InChI=1S/C26H24F3N5O6S/c27-26(28,29)20-5-4-6-21(16-20)33(41(38,39)23-7-2-1-3-8-23)18-25(35)31-30-17-19-15-22(34(36)37)9-10-24(19)32-11-13-40-14-12-32/h1-10,15-17H,11-14,18H2,(H,31,35)/b30-17+. The number of carbonyl (C=O) groups is 1. The molecule has 0 radical (unpaired) electrons. The number of hydrogen-bond donors (Lipinski definition) is 1. The highest BCUT2D eigenvalue weighted by molar-refractivity contribution is 7.92. The molecule has 0 bridgehead atoms. The molecule has 3 aromatic carbocycles. The van der Waals surface area contributed by atoms with Gasteiger partial charge in [0.1, 0.15) is 6.54 Å². The minimum atomic E-state index is -4.75. The molecule has 4 rings (SSSR count). The molecule has 0 saturated carbocycles. The third kappa shape index (κ3) is 7.18. The second-order valence-electron chi connectivity index (χ2n) is 8.77. The van der Waals surface area contributed by atoms with Gasteiger partial charge in [0.05, 0.1) is 40.5 Å². The van der Waals surface area contributed by atoms with Crippen LogP contribution in [0.1, 0.15) is 11.1 Å². The van der Waals surface area contributed by atoms with E-state index in [2.05, 4.69) is 10.5 Å². The lowest BCUT2D eigenvalue weighted by Crippen LogP contribution is -2.39. The number of carbonyl (C=O) groups excluding carboxylic acids is 1. The topological polar surface area (TPSA) is 134 Å². The van der Waals surface area contributed by atoms with Crippen molar-refractivity contribution in [2.45, 2.75) is 11.1 Å². The Bertz CT molecular complexity index is 1540. The van der Waals surface area contributed by atoms with Crippen molar-refractivity contribution in [2.75, 3.05) is 42.1 Å². The number of non-ortho nitro benzene ring substituents is 1. The second-order valence-corrected chi connectivity index (χ2v) is 10.6. The molecule has 216 valence electrons. The van der Waals surface area contributed by atoms with Gasteiger partial charge in [0, 0.05) is 36.5 Å². The van der Waals surface area contributed by atoms with Crippen LogP contribution in [0.15, 0.2) is 82.8 Å². The molecular weight excluding hydrogens is 567 g/mol. The van der Waals surface area contributed by atoms with Crippen molar-refractivity contribution >= 4 is 39.2 Å². The largest absolute Gasteiger partial charge is 0.416 e. The Morgan fingerprint density at radius 1 is 1.07 bits per heavy atom. The minimum absolute atomic E-state index is 0.209. The van der Waals surface area contributed by atoms with Gasteiger partial charge in [0.15, 0.2) is 0 Å². The molecule has 3 aromatic rings. The summed E-state index contributed by atoms with van der Waals surface area (Å²) in [6.45, 7) is 1.04. The Kier molecular flexibility index (Phi) is 8.88. The first-order valence-corrected chi connectivity index (χ1v) is 13.6. The maximum atomic E-state index is 13.4. The van der Waals surface area contributed by atoms with Crippen molar-refractivity contribution in [1.82, 2.24) is 5.43 Å². The Morgan fingerprint density at radius 2 is 1.78 bits per heavy atom. The predicted octanol–water partition coefficient (Wildman–Crippen LogP) is 3.80. The molecule has 0 atom stereocenters. The number of morpholine rings is 1. The Hall–Kier alpha value is -4.50. The number of alkyl halides is 3. The number of nitro benzene ring substituents is 1. The van der Waals surface area contributed by atoms with Gasteiger partial charge in [0.25, 0.3) is 21.6 Å². The number of amides is 1. The predicted molar refractivity (Wildman–Crippen MR) is 144 cm³/mol. The van der Waals surface area contributed by atoms with Crippen LogP contribution in [0.5, 0.6) is 0 Å². The van der Waals surface area contributed by atoms with Gasteiger partial charge in [-0.2, -0.15) is 18.3 Å². The van der Waals surface area contributed by atoms with Gasteiger partial charge in [-0.05, 0) is 36.4 Å². The van der Waals surface area contributed by atoms with E-state index in [-0.39, 0.29) is 16.3 Å². The SMILES string of the molecule is O=C(CN(c1cccc(C(F)(F)F)c1)S(=O)(=O)c1ccccc1)N/N=C/c1cc([N+](=O)[O-])ccc1N1CCOCC1.